The number of aromatic nitrogens is 2. The summed E-state index contributed by atoms with van der Waals surface area (Å²) in [5.41, 5.74) is 7.33. The molecule has 0 fully saturated rings. The van der Waals surface area contributed by atoms with E-state index in [0.29, 0.717) is 28.8 Å². The average Bonchev–Trinajstić information content (AvgIpc) is 2.71. The van der Waals surface area contributed by atoms with E-state index in [2.05, 4.69) is 15.3 Å². The van der Waals surface area contributed by atoms with E-state index in [4.69, 9.17) is 10.5 Å². The quantitative estimate of drug-likeness (QED) is 0.842. The molecule has 0 bridgehead atoms. The van der Waals surface area contributed by atoms with Gasteiger partial charge in [-0.2, -0.15) is 0 Å². The largest absolute Gasteiger partial charge is 0.462 e. The van der Waals surface area contributed by atoms with E-state index in [9.17, 15) is 4.79 Å². The van der Waals surface area contributed by atoms with Crippen molar-refractivity contribution in [3.8, 4) is 0 Å². The van der Waals surface area contributed by atoms with Crippen LogP contribution in [0.5, 0.6) is 0 Å². The van der Waals surface area contributed by atoms with Crippen LogP contribution in [-0.2, 0) is 4.74 Å². The monoisotopic (exact) mass is 292 g/mol. The Morgan fingerprint density at radius 1 is 1.50 bits per heavy atom. The highest BCUT2D eigenvalue weighted by Crippen LogP contribution is 2.26. The number of nitrogens with two attached hydrogens (primary N) is 1. The molecule has 0 aliphatic rings. The number of nitrogens with zero attached hydrogens (tertiary/aromatic N) is 2. The maximum absolute atomic E-state index is 11.9. The molecule has 2 heterocycles. The van der Waals surface area contributed by atoms with E-state index in [0.717, 1.165) is 10.6 Å². The zero-order chi connectivity index (χ0) is 14.7. The summed E-state index contributed by atoms with van der Waals surface area (Å²) in [6, 6.07) is 1.54. The van der Waals surface area contributed by atoms with Crippen molar-refractivity contribution in [3.63, 3.8) is 0 Å². The first-order chi connectivity index (χ1) is 9.51. The van der Waals surface area contributed by atoms with Gasteiger partial charge >= 0.3 is 5.97 Å². The fourth-order valence-corrected chi connectivity index (χ4v) is 2.39. The van der Waals surface area contributed by atoms with Crippen molar-refractivity contribution < 1.29 is 9.53 Å². The molecule has 2 rings (SSSR count). The highest BCUT2D eigenvalue weighted by atomic mass is 32.1. The minimum absolute atomic E-state index is 0.294. The van der Waals surface area contributed by atoms with Gasteiger partial charge in [-0.05, 0) is 26.8 Å². The molecule has 0 saturated heterocycles. The van der Waals surface area contributed by atoms with Crippen molar-refractivity contribution in [1.82, 2.24) is 9.97 Å². The van der Waals surface area contributed by atoms with Gasteiger partial charge in [0.25, 0.3) is 0 Å². The number of carbonyl (C=O) groups is 1. The van der Waals surface area contributed by atoms with E-state index >= 15 is 0 Å². The minimum Gasteiger partial charge on any atom is -0.462 e. The van der Waals surface area contributed by atoms with Crippen LogP contribution in [0.25, 0.3) is 0 Å². The van der Waals surface area contributed by atoms with Crippen LogP contribution < -0.4 is 11.1 Å². The van der Waals surface area contributed by atoms with Gasteiger partial charge in [0.2, 0.25) is 0 Å². The number of thiazole rings is 1. The minimum atomic E-state index is -0.459. The maximum Gasteiger partial charge on any atom is 0.341 e. The van der Waals surface area contributed by atoms with Crippen LogP contribution >= 0.6 is 11.3 Å². The second-order valence-corrected chi connectivity index (χ2v) is 5.37. The number of hydrogen-bond donors (Lipinski definition) is 2. The summed E-state index contributed by atoms with van der Waals surface area (Å²) in [5, 5.41) is 3.72. The topological polar surface area (TPSA) is 90.1 Å². The highest BCUT2D eigenvalue weighted by molar-refractivity contribution is 7.15. The molecule has 0 saturated carbocycles. The molecule has 0 unspecified atom stereocenters. The normalized spacial score (nSPS) is 10.3. The second kappa shape index (κ2) is 5.87. The molecule has 3 N–H and O–H groups in total. The van der Waals surface area contributed by atoms with Gasteiger partial charge in [-0.15, -0.1) is 11.3 Å². The van der Waals surface area contributed by atoms with E-state index in [-0.39, 0.29) is 0 Å². The molecule has 0 aliphatic carbocycles. The number of anilines is 3. The Morgan fingerprint density at radius 2 is 2.25 bits per heavy atom. The van der Waals surface area contributed by atoms with Crippen LogP contribution in [0.1, 0.15) is 27.9 Å². The Balaban J connectivity index is 2.33. The molecule has 0 aliphatic heterocycles. The number of rotatable bonds is 4. The van der Waals surface area contributed by atoms with Crippen LogP contribution in [0.15, 0.2) is 12.3 Å². The predicted octanol–water partition coefficient (Wildman–Crippen LogP) is 2.66. The Morgan fingerprint density at radius 3 is 2.85 bits per heavy atom. The van der Waals surface area contributed by atoms with Crippen LogP contribution in [0, 0.1) is 13.8 Å². The first-order valence-electron chi connectivity index (χ1n) is 6.15. The third kappa shape index (κ3) is 3.05. The van der Waals surface area contributed by atoms with E-state index in [1.54, 1.807) is 13.0 Å². The third-order valence-corrected chi connectivity index (χ3v) is 3.65. The molecule has 0 atom stereocenters. The third-order valence-electron chi connectivity index (χ3n) is 2.66. The smallest absolute Gasteiger partial charge is 0.341 e. The van der Waals surface area contributed by atoms with Gasteiger partial charge in [-0.25, -0.2) is 14.8 Å². The number of hydrogen-bond acceptors (Lipinski definition) is 7. The Labute approximate surface area is 121 Å². The van der Waals surface area contributed by atoms with Crippen LogP contribution in [0.3, 0.4) is 0 Å². The number of aryl methyl sites for hydroxylation is 2. The van der Waals surface area contributed by atoms with Crippen LogP contribution in [-0.4, -0.2) is 22.5 Å². The second-order valence-electron chi connectivity index (χ2n) is 4.17. The van der Waals surface area contributed by atoms with Crippen molar-refractivity contribution in [3.05, 3.63) is 28.4 Å². The summed E-state index contributed by atoms with van der Waals surface area (Å²) >= 11 is 1.50. The van der Waals surface area contributed by atoms with E-state index in [1.807, 2.05) is 13.8 Å². The molecule has 106 valence electrons. The van der Waals surface area contributed by atoms with Gasteiger partial charge in [-0.1, -0.05) is 0 Å². The average molecular weight is 292 g/mol. The number of nitrogen functional groups attached to an aromatic ring is 1. The zero-order valence-corrected chi connectivity index (χ0v) is 12.4. The lowest BCUT2D eigenvalue weighted by atomic mass is 10.2. The van der Waals surface area contributed by atoms with Crippen molar-refractivity contribution >= 4 is 33.9 Å². The van der Waals surface area contributed by atoms with Crippen molar-refractivity contribution in [2.24, 2.45) is 0 Å². The molecule has 7 heteroatoms. The number of ether oxygens (including phenoxy) is 1. The lowest BCUT2D eigenvalue weighted by molar-refractivity contribution is 0.0527. The van der Waals surface area contributed by atoms with Crippen LogP contribution in [0.2, 0.25) is 0 Å². The standard InChI is InChI=1S/C13H16N4O2S/c1-4-19-12(18)10-5-9(14)6-15-11(10)17-13-16-7(2)8(3)20-13/h5-6H,4,14H2,1-3H3,(H,15,16,17). The van der Waals surface area contributed by atoms with Gasteiger partial charge in [0.15, 0.2) is 5.13 Å². The van der Waals surface area contributed by atoms with Crippen LogP contribution in [0.4, 0.5) is 16.6 Å². The zero-order valence-electron chi connectivity index (χ0n) is 11.6. The van der Waals surface area contributed by atoms with Gasteiger partial charge < -0.3 is 15.8 Å². The number of pyridine rings is 1. The molecule has 0 radical (unpaired) electrons. The fourth-order valence-electron chi connectivity index (χ4n) is 1.57. The molecule has 0 aromatic carbocycles. The number of carbonyl (C=O) groups excluding carboxylic acids is 1. The molecule has 20 heavy (non-hydrogen) atoms. The molecule has 0 spiro atoms. The first kappa shape index (κ1) is 14.3. The predicted molar refractivity (Wildman–Crippen MR) is 79.5 cm³/mol. The Kier molecular flexibility index (Phi) is 4.19. The lowest BCUT2D eigenvalue weighted by Gasteiger charge is -2.09. The number of esters is 1. The Bertz CT molecular complexity index is 620. The van der Waals surface area contributed by atoms with Gasteiger partial charge in [0.05, 0.1) is 24.2 Å². The lowest BCUT2D eigenvalue weighted by Crippen LogP contribution is -2.10. The molecule has 6 nitrogen and oxygen atoms in total. The molecular weight excluding hydrogens is 276 g/mol. The van der Waals surface area contributed by atoms with Crippen molar-refractivity contribution in [1.29, 1.82) is 0 Å². The van der Waals surface area contributed by atoms with Gasteiger partial charge in [-0.3, -0.25) is 0 Å². The molecule has 2 aromatic rings. The Hall–Kier alpha value is -2.15. The van der Waals surface area contributed by atoms with Gasteiger partial charge in [0, 0.05) is 4.88 Å². The SMILES string of the molecule is CCOC(=O)c1cc(N)cnc1Nc1nc(C)c(C)s1. The summed E-state index contributed by atoms with van der Waals surface area (Å²) in [6.45, 7) is 5.96. The maximum atomic E-state index is 11.9. The summed E-state index contributed by atoms with van der Waals surface area (Å²) in [5.74, 6) is -0.0637. The fraction of sp³-hybridized carbons (Fsp3) is 0.308. The number of nitrogens with one attached hydrogen (secondary N) is 1. The van der Waals surface area contributed by atoms with Crippen molar-refractivity contribution in [2.75, 3.05) is 17.7 Å². The summed E-state index contributed by atoms with van der Waals surface area (Å²) in [7, 11) is 0. The van der Waals surface area contributed by atoms with E-state index in [1.165, 1.54) is 17.5 Å². The molecule has 2 aromatic heterocycles. The first-order valence-corrected chi connectivity index (χ1v) is 6.96. The summed E-state index contributed by atoms with van der Waals surface area (Å²) in [4.78, 5) is 21.5. The summed E-state index contributed by atoms with van der Waals surface area (Å²) in [6.07, 6.45) is 1.48. The summed E-state index contributed by atoms with van der Waals surface area (Å²) < 4.78 is 5.00. The molecular formula is C13H16N4O2S. The van der Waals surface area contributed by atoms with Gasteiger partial charge in [0.1, 0.15) is 11.4 Å². The van der Waals surface area contributed by atoms with E-state index < -0.39 is 5.97 Å². The highest BCUT2D eigenvalue weighted by Gasteiger charge is 2.16. The molecule has 0 amide bonds. The van der Waals surface area contributed by atoms with Crippen molar-refractivity contribution in [2.45, 2.75) is 20.8 Å².